The van der Waals surface area contributed by atoms with Gasteiger partial charge in [-0.3, -0.25) is 4.31 Å². The number of nitrogens with zero attached hydrogens (tertiary/aromatic N) is 1. The van der Waals surface area contributed by atoms with Gasteiger partial charge in [0, 0.05) is 12.0 Å². The molecule has 34 heavy (non-hydrogen) atoms. The molecule has 0 bridgehead atoms. The molecule has 1 unspecified atom stereocenters. The second-order valence-electron chi connectivity index (χ2n) is 9.18. The van der Waals surface area contributed by atoms with Crippen molar-refractivity contribution >= 4 is 27.0 Å². The zero-order valence-corrected chi connectivity index (χ0v) is 21.2. The molecule has 6 nitrogen and oxygen atoms in total. The van der Waals surface area contributed by atoms with E-state index in [1.807, 2.05) is 19.9 Å². The maximum absolute atomic E-state index is 13.9. The molecule has 1 aliphatic rings. The molecule has 1 atom stereocenters. The number of rotatable bonds is 7. The summed E-state index contributed by atoms with van der Waals surface area (Å²) in [5.74, 6) is 0.471. The smallest absolute Gasteiger partial charge is 0.345 e. The minimum atomic E-state index is -4.01. The molecule has 0 radical (unpaired) electrons. The predicted octanol–water partition coefficient (Wildman–Crippen LogP) is 6.05. The molecular formula is C26H31NO5S2. The first-order valence-corrected chi connectivity index (χ1v) is 14.1. The lowest BCUT2D eigenvalue weighted by Crippen LogP contribution is -2.38. The molecule has 4 rings (SSSR count). The van der Waals surface area contributed by atoms with Crippen LogP contribution >= 0.6 is 11.3 Å². The number of fused-ring (bicyclic) bond motifs is 1. The van der Waals surface area contributed by atoms with Crippen molar-refractivity contribution in [3.05, 3.63) is 75.2 Å². The van der Waals surface area contributed by atoms with Crippen LogP contribution in [0, 0.1) is 5.92 Å². The minimum Gasteiger partial charge on any atom is -0.507 e. The number of aryl methyl sites for hydroxylation is 1. The van der Waals surface area contributed by atoms with Crippen molar-refractivity contribution in [2.45, 2.75) is 69.0 Å². The van der Waals surface area contributed by atoms with Crippen LogP contribution in [0.1, 0.15) is 68.9 Å². The third kappa shape index (κ3) is 4.93. The van der Waals surface area contributed by atoms with Crippen LogP contribution in [0.15, 0.2) is 61.3 Å². The van der Waals surface area contributed by atoms with Gasteiger partial charge in [-0.2, -0.15) is 0 Å². The average Bonchev–Trinajstić information content (AvgIpc) is 3.31. The summed E-state index contributed by atoms with van der Waals surface area (Å²) in [5.41, 5.74) is 0.443. The highest BCUT2D eigenvalue weighted by Crippen LogP contribution is 2.41. The summed E-state index contributed by atoms with van der Waals surface area (Å²) in [6.07, 6.45) is 5.44. The fourth-order valence-corrected chi connectivity index (χ4v) is 7.37. The first-order chi connectivity index (χ1) is 16.3. The Labute approximate surface area is 204 Å². The highest BCUT2D eigenvalue weighted by molar-refractivity contribution is 7.94. The number of aromatic hydroxyl groups is 1. The van der Waals surface area contributed by atoms with Gasteiger partial charge in [-0.15, -0.1) is 11.3 Å². The lowest BCUT2D eigenvalue weighted by molar-refractivity contribution is 0.374. The standard InChI is InChI=1S/C26H31NO5S2/c1-18(2)17-21(24-25(28)20-13-8-3-4-9-14-22(20)32-26(24)29)27(19-11-6-5-7-12-19)34(30,31)23-15-10-16-33-23/h5-7,10-12,15-16,18,21,28H,3-4,8-9,13-14,17H2,1-2H3. The number of benzene rings is 1. The second kappa shape index (κ2) is 10.4. The van der Waals surface area contributed by atoms with E-state index in [9.17, 15) is 18.3 Å². The zero-order valence-electron chi connectivity index (χ0n) is 19.6. The topological polar surface area (TPSA) is 87.8 Å². The summed E-state index contributed by atoms with van der Waals surface area (Å²) < 4.78 is 35.1. The van der Waals surface area contributed by atoms with Crippen molar-refractivity contribution in [3.63, 3.8) is 0 Å². The summed E-state index contributed by atoms with van der Waals surface area (Å²) in [6, 6.07) is 11.1. The number of hydrogen-bond acceptors (Lipinski definition) is 6. The van der Waals surface area contributed by atoms with Crippen LogP contribution < -0.4 is 9.93 Å². The predicted molar refractivity (Wildman–Crippen MR) is 135 cm³/mol. The molecule has 2 heterocycles. The molecule has 0 fully saturated rings. The van der Waals surface area contributed by atoms with Crippen LogP contribution in [0.25, 0.3) is 0 Å². The summed E-state index contributed by atoms with van der Waals surface area (Å²) in [4.78, 5) is 13.3. The molecule has 0 saturated carbocycles. The van der Waals surface area contributed by atoms with Crippen molar-refractivity contribution in [2.75, 3.05) is 4.31 Å². The molecule has 0 saturated heterocycles. The Morgan fingerprint density at radius 1 is 1.03 bits per heavy atom. The number of thiophene rings is 1. The third-order valence-electron chi connectivity index (χ3n) is 6.22. The van der Waals surface area contributed by atoms with E-state index in [0.717, 1.165) is 37.0 Å². The number of anilines is 1. The van der Waals surface area contributed by atoms with Crippen LogP contribution in [-0.2, 0) is 22.9 Å². The molecule has 1 aromatic carbocycles. The highest BCUT2D eigenvalue weighted by atomic mass is 32.2. The molecule has 0 spiro atoms. The molecule has 1 N–H and O–H groups in total. The lowest BCUT2D eigenvalue weighted by Gasteiger charge is -2.34. The SMILES string of the molecule is CC(C)CC(c1c(O)c2c(oc1=O)CCCCCC2)N(c1ccccc1)S(=O)(=O)c1cccs1. The second-order valence-corrected chi connectivity index (χ2v) is 12.2. The van der Waals surface area contributed by atoms with Gasteiger partial charge >= 0.3 is 5.63 Å². The Morgan fingerprint density at radius 2 is 1.74 bits per heavy atom. The summed E-state index contributed by atoms with van der Waals surface area (Å²) in [7, 11) is -4.01. The van der Waals surface area contributed by atoms with Gasteiger partial charge in [-0.25, -0.2) is 13.2 Å². The monoisotopic (exact) mass is 501 g/mol. The fraction of sp³-hybridized carbons (Fsp3) is 0.423. The largest absolute Gasteiger partial charge is 0.507 e. The maximum Gasteiger partial charge on any atom is 0.345 e. The summed E-state index contributed by atoms with van der Waals surface area (Å²) >= 11 is 1.13. The van der Waals surface area contributed by atoms with Gasteiger partial charge in [0.1, 0.15) is 21.3 Å². The van der Waals surface area contributed by atoms with Crippen molar-refractivity contribution in [2.24, 2.45) is 5.92 Å². The van der Waals surface area contributed by atoms with Gasteiger partial charge < -0.3 is 9.52 Å². The van der Waals surface area contributed by atoms with Crippen molar-refractivity contribution < 1.29 is 17.9 Å². The minimum absolute atomic E-state index is 0.0250. The number of hydrogen-bond donors (Lipinski definition) is 1. The maximum atomic E-state index is 13.9. The molecule has 1 aliphatic carbocycles. The van der Waals surface area contributed by atoms with Crippen molar-refractivity contribution in [1.29, 1.82) is 0 Å². The molecule has 0 amide bonds. The Bertz CT molecular complexity index is 1260. The first kappa shape index (κ1) is 24.5. The number of para-hydroxylation sites is 1. The molecule has 182 valence electrons. The Kier molecular flexibility index (Phi) is 7.48. The van der Waals surface area contributed by atoms with Gasteiger partial charge in [0.15, 0.2) is 0 Å². The average molecular weight is 502 g/mol. The van der Waals surface area contributed by atoms with Crippen molar-refractivity contribution in [3.8, 4) is 5.75 Å². The van der Waals surface area contributed by atoms with Crippen molar-refractivity contribution in [1.82, 2.24) is 0 Å². The van der Waals surface area contributed by atoms with E-state index in [2.05, 4.69) is 0 Å². The lowest BCUT2D eigenvalue weighted by atomic mass is 9.92. The third-order valence-corrected chi connectivity index (χ3v) is 9.43. The van der Waals surface area contributed by atoms with Gasteiger partial charge in [-0.05, 0) is 55.2 Å². The molecule has 2 aromatic heterocycles. The quantitative estimate of drug-likeness (QED) is 0.426. The van der Waals surface area contributed by atoms with E-state index >= 15 is 0 Å². The Morgan fingerprint density at radius 3 is 2.38 bits per heavy atom. The Balaban J connectivity index is 1.96. The van der Waals surface area contributed by atoms with E-state index < -0.39 is 21.7 Å². The van der Waals surface area contributed by atoms with Crippen LogP contribution in [0.2, 0.25) is 0 Å². The van der Waals surface area contributed by atoms with E-state index in [-0.39, 0.29) is 21.4 Å². The molecular weight excluding hydrogens is 470 g/mol. The van der Waals surface area contributed by atoms with E-state index in [1.165, 1.54) is 4.31 Å². The van der Waals surface area contributed by atoms with Crippen LogP contribution in [-0.4, -0.2) is 13.5 Å². The number of sulfonamides is 1. The molecule has 3 aromatic rings. The first-order valence-electron chi connectivity index (χ1n) is 11.8. The molecule has 8 heteroatoms. The van der Waals surface area contributed by atoms with Crippen LogP contribution in [0.5, 0.6) is 5.75 Å². The summed E-state index contributed by atoms with van der Waals surface area (Å²) in [5, 5.41) is 13.1. The van der Waals surface area contributed by atoms with E-state index in [4.69, 9.17) is 4.42 Å². The van der Waals surface area contributed by atoms with Crippen LogP contribution in [0.3, 0.4) is 0 Å². The normalized spacial score (nSPS) is 15.4. The Hall–Kier alpha value is -2.58. The van der Waals surface area contributed by atoms with Crippen LogP contribution in [0.4, 0.5) is 5.69 Å². The van der Waals surface area contributed by atoms with Gasteiger partial charge in [0.25, 0.3) is 10.0 Å². The summed E-state index contributed by atoms with van der Waals surface area (Å²) in [6.45, 7) is 3.94. The highest BCUT2D eigenvalue weighted by Gasteiger charge is 2.38. The molecule has 0 aliphatic heterocycles. The van der Waals surface area contributed by atoms with Gasteiger partial charge in [0.05, 0.1) is 11.7 Å². The zero-order chi connectivity index (χ0) is 24.3. The van der Waals surface area contributed by atoms with Gasteiger partial charge in [0.2, 0.25) is 0 Å². The van der Waals surface area contributed by atoms with E-state index in [1.54, 1.807) is 41.8 Å². The fourth-order valence-electron chi connectivity index (χ4n) is 4.66. The van der Waals surface area contributed by atoms with Gasteiger partial charge in [-0.1, -0.05) is 51.0 Å². The van der Waals surface area contributed by atoms with E-state index in [0.29, 0.717) is 36.3 Å².